The molecule has 0 bridgehead atoms. The maximum absolute atomic E-state index is 14.3. The summed E-state index contributed by atoms with van der Waals surface area (Å²) in [6, 6.07) is 7.95. The second-order valence-corrected chi connectivity index (χ2v) is 11.5. The van der Waals surface area contributed by atoms with E-state index in [2.05, 4.69) is 24.4 Å². The van der Waals surface area contributed by atoms with Crippen LogP contribution in [0.25, 0.3) is 0 Å². The van der Waals surface area contributed by atoms with Crippen LogP contribution in [0.2, 0.25) is 0 Å². The quantitative estimate of drug-likeness (QED) is 0.350. The van der Waals surface area contributed by atoms with Crippen molar-refractivity contribution in [3.63, 3.8) is 0 Å². The molecule has 1 aromatic carbocycles. The van der Waals surface area contributed by atoms with Gasteiger partial charge in [0.05, 0.1) is 19.3 Å². The van der Waals surface area contributed by atoms with Crippen molar-refractivity contribution in [3.05, 3.63) is 58.5 Å². The molecule has 1 aromatic heterocycles. The summed E-state index contributed by atoms with van der Waals surface area (Å²) in [5.41, 5.74) is 3.72. The molecule has 2 N–H and O–H groups in total. The van der Waals surface area contributed by atoms with Crippen LogP contribution in [0.15, 0.2) is 30.3 Å². The van der Waals surface area contributed by atoms with Gasteiger partial charge in [-0.25, -0.2) is 9.37 Å². The number of aromatic nitrogens is 1. The zero-order valence-electron chi connectivity index (χ0n) is 23.0. The number of hydrogen-bond donors (Lipinski definition) is 2. The standard InChI is InChI=1S/C31H42FN3O4/c1-21(5-2-3-7-26-11-9-22-6-4-14-33-30(22)34-26)23-12-15-35(18-23)29(31(36)37)28-17-25(32)10-8-24(28)19-39-27-13-16-38-20-27/h8-11,17,21,23,27,29H,2-7,12-16,18-20H2,1H3,(H,33,34)(H,36,37)/t21-,23+,27-,29+/m0/s1. The van der Waals surface area contributed by atoms with Crippen molar-refractivity contribution in [2.45, 2.75) is 77.0 Å². The van der Waals surface area contributed by atoms with Crippen LogP contribution in [0.3, 0.4) is 0 Å². The van der Waals surface area contributed by atoms with Gasteiger partial charge in [-0.15, -0.1) is 0 Å². The smallest absolute Gasteiger partial charge is 0.325 e. The maximum Gasteiger partial charge on any atom is 0.325 e. The van der Waals surface area contributed by atoms with Crippen LogP contribution < -0.4 is 5.32 Å². The van der Waals surface area contributed by atoms with E-state index in [9.17, 15) is 14.3 Å². The molecule has 0 saturated carbocycles. The van der Waals surface area contributed by atoms with Gasteiger partial charge in [-0.1, -0.05) is 31.9 Å². The second-order valence-electron chi connectivity index (χ2n) is 11.5. The van der Waals surface area contributed by atoms with E-state index in [1.165, 1.54) is 24.1 Å². The first kappa shape index (κ1) is 28.0. The number of carboxylic acid groups (broad SMARTS) is 1. The molecule has 39 heavy (non-hydrogen) atoms. The lowest BCUT2D eigenvalue weighted by atomic mass is 9.88. The monoisotopic (exact) mass is 539 g/mol. The lowest BCUT2D eigenvalue weighted by Crippen LogP contribution is -2.34. The highest BCUT2D eigenvalue weighted by Gasteiger charge is 2.36. The molecule has 2 fully saturated rings. The molecule has 8 heteroatoms. The SMILES string of the molecule is C[C@@H](CCCCc1ccc2c(n1)NCCC2)[C@@H]1CCN([C@@H](C(=O)O)c2cc(F)ccc2CO[C@H]2CCOC2)C1. The summed E-state index contributed by atoms with van der Waals surface area (Å²) in [5, 5.41) is 13.6. The van der Waals surface area contributed by atoms with E-state index in [1.807, 2.05) is 4.90 Å². The molecule has 7 nitrogen and oxygen atoms in total. The fraction of sp³-hybridized carbons (Fsp3) is 0.613. The van der Waals surface area contributed by atoms with Crippen LogP contribution in [-0.4, -0.2) is 59.9 Å². The van der Waals surface area contributed by atoms with Crippen molar-refractivity contribution in [3.8, 4) is 0 Å². The van der Waals surface area contributed by atoms with Gasteiger partial charge in [-0.2, -0.15) is 0 Å². The number of hydrogen-bond acceptors (Lipinski definition) is 6. The Bertz CT molecular complexity index is 1120. The van der Waals surface area contributed by atoms with E-state index < -0.39 is 17.8 Å². The summed E-state index contributed by atoms with van der Waals surface area (Å²) >= 11 is 0. The molecule has 3 aliphatic heterocycles. The number of carbonyl (C=O) groups is 1. The van der Waals surface area contributed by atoms with Gasteiger partial charge in [0.1, 0.15) is 17.7 Å². The van der Waals surface area contributed by atoms with Crippen molar-refractivity contribution in [1.29, 1.82) is 0 Å². The minimum atomic E-state index is -0.939. The van der Waals surface area contributed by atoms with E-state index in [0.717, 1.165) is 68.6 Å². The lowest BCUT2D eigenvalue weighted by Gasteiger charge is -2.28. The third-order valence-corrected chi connectivity index (χ3v) is 8.72. The van der Waals surface area contributed by atoms with Crippen molar-refractivity contribution < 1.29 is 23.8 Å². The fourth-order valence-corrected chi connectivity index (χ4v) is 6.32. The highest BCUT2D eigenvalue weighted by Crippen LogP contribution is 2.35. The van der Waals surface area contributed by atoms with Crippen LogP contribution >= 0.6 is 0 Å². The molecule has 0 spiro atoms. The Labute approximate surface area is 231 Å². The average Bonchev–Trinajstić information content (AvgIpc) is 3.63. The normalized spacial score (nSPS) is 22.8. The zero-order chi connectivity index (χ0) is 27.2. The second kappa shape index (κ2) is 13.2. The molecule has 0 unspecified atom stereocenters. The molecule has 212 valence electrons. The molecule has 4 heterocycles. The minimum Gasteiger partial charge on any atom is -0.480 e. The fourth-order valence-electron chi connectivity index (χ4n) is 6.32. The summed E-state index contributed by atoms with van der Waals surface area (Å²) < 4.78 is 25.7. The number of likely N-dealkylation sites (tertiary alicyclic amines) is 1. The Morgan fingerprint density at radius 2 is 2.18 bits per heavy atom. The summed E-state index contributed by atoms with van der Waals surface area (Å²) in [4.78, 5) is 19.3. The average molecular weight is 540 g/mol. The van der Waals surface area contributed by atoms with Gasteiger partial charge in [0.25, 0.3) is 0 Å². The number of carboxylic acids is 1. The van der Waals surface area contributed by atoms with Crippen LogP contribution in [0.4, 0.5) is 10.2 Å². The number of ether oxygens (including phenoxy) is 2. The molecular formula is C31H42FN3O4. The van der Waals surface area contributed by atoms with Crippen LogP contribution in [0.1, 0.15) is 73.9 Å². The predicted octanol–water partition coefficient (Wildman–Crippen LogP) is 5.38. The largest absolute Gasteiger partial charge is 0.480 e. The van der Waals surface area contributed by atoms with E-state index in [1.54, 1.807) is 6.07 Å². The molecule has 0 radical (unpaired) electrons. The van der Waals surface area contributed by atoms with E-state index in [4.69, 9.17) is 14.5 Å². The summed E-state index contributed by atoms with van der Waals surface area (Å²) in [5.74, 6) is 0.637. The number of aliphatic carboxylic acids is 1. The predicted molar refractivity (Wildman–Crippen MR) is 148 cm³/mol. The van der Waals surface area contributed by atoms with Crippen LogP contribution in [0, 0.1) is 17.7 Å². The number of anilines is 1. The number of unbranched alkanes of at least 4 members (excludes halogenated alkanes) is 1. The zero-order valence-corrected chi connectivity index (χ0v) is 23.0. The number of benzene rings is 1. The first-order valence-corrected chi connectivity index (χ1v) is 14.6. The molecular weight excluding hydrogens is 497 g/mol. The first-order chi connectivity index (χ1) is 19.0. The third-order valence-electron chi connectivity index (χ3n) is 8.72. The highest BCUT2D eigenvalue weighted by atomic mass is 19.1. The maximum atomic E-state index is 14.3. The van der Waals surface area contributed by atoms with E-state index in [0.29, 0.717) is 43.7 Å². The van der Waals surface area contributed by atoms with E-state index in [-0.39, 0.29) is 12.7 Å². The Hall–Kier alpha value is -2.55. The molecule has 5 rings (SSSR count). The number of nitrogens with one attached hydrogen (secondary N) is 1. The van der Waals surface area contributed by atoms with Crippen LogP contribution in [-0.2, 0) is 33.7 Å². The van der Waals surface area contributed by atoms with Gasteiger partial charge in [0, 0.05) is 25.4 Å². The Balaban J connectivity index is 1.14. The van der Waals surface area contributed by atoms with Gasteiger partial charge < -0.3 is 19.9 Å². The van der Waals surface area contributed by atoms with Gasteiger partial charge in [-0.05, 0) is 91.8 Å². The number of nitrogens with zero attached hydrogens (tertiary/aromatic N) is 2. The third kappa shape index (κ3) is 7.16. The number of rotatable bonds is 12. The molecule has 2 aromatic rings. The molecule has 0 amide bonds. The topological polar surface area (TPSA) is 83.9 Å². The van der Waals surface area contributed by atoms with Gasteiger partial charge in [0.2, 0.25) is 0 Å². The summed E-state index contributed by atoms with van der Waals surface area (Å²) in [7, 11) is 0. The van der Waals surface area contributed by atoms with Crippen molar-refractivity contribution >= 4 is 11.8 Å². The Morgan fingerprint density at radius 1 is 1.28 bits per heavy atom. The highest BCUT2D eigenvalue weighted by molar-refractivity contribution is 5.76. The number of fused-ring (bicyclic) bond motifs is 1. The van der Waals surface area contributed by atoms with Crippen molar-refractivity contribution in [2.75, 3.05) is 38.2 Å². The molecule has 2 saturated heterocycles. The summed E-state index contributed by atoms with van der Waals surface area (Å²) in [6.45, 7) is 6.19. The number of pyridine rings is 1. The Morgan fingerprint density at radius 3 is 3.00 bits per heavy atom. The van der Waals surface area contributed by atoms with Gasteiger partial charge in [-0.3, -0.25) is 9.69 Å². The lowest BCUT2D eigenvalue weighted by molar-refractivity contribution is -0.143. The minimum absolute atomic E-state index is 0.00268. The first-order valence-electron chi connectivity index (χ1n) is 14.6. The number of halogens is 1. The summed E-state index contributed by atoms with van der Waals surface area (Å²) in [6.07, 6.45) is 8.40. The van der Waals surface area contributed by atoms with Crippen LogP contribution in [0.5, 0.6) is 0 Å². The van der Waals surface area contributed by atoms with Crippen molar-refractivity contribution in [2.24, 2.45) is 11.8 Å². The van der Waals surface area contributed by atoms with Gasteiger partial charge >= 0.3 is 5.97 Å². The van der Waals surface area contributed by atoms with Gasteiger partial charge in [0.15, 0.2) is 0 Å². The molecule has 3 aliphatic rings. The molecule has 0 aliphatic carbocycles. The van der Waals surface area contributed by atoms with Crippen molar-refractivity contribution in [1.82, 2.24) is 9.88 Å². The number of aryl methyl sites for hydroxylation is 2. The Kier molecular flexibility index (Phi) is 9.48. The molecule has 4 atom stereocenters. The van der Waals surface area contributed by atoms with E-state index >= 15 is 0 Å².